The first-order chi connectivity index (χ1) is 14.7. The zero-order valence-electron chi connectivity index (χ0n) is 17.2. The van der Waals surface area contributed by atoms with E-state index in [0.29, 0.717) is 25.6 Å². The number of aryl methyl sites for hydroxylation is 1. The molecule has 3 heterocycles. The molecule has 0 amide bonds. The summed E-state index contributed by atoms with van der Waals surface area (Å²) in [4.78, 5) is 13.7. The molecule has 0 saturated carbocycles. The predicted molar refractivity (Wildman–Crippen MR) is 136 cm³/mol. The summed E-state index contributed by atoms with van der Waals surface area (Å²) < 4.78 is 2.89. The van der Waals surface area contributed by atoms with Crippen LogP contribution in [0.2, 0.25) is 0 Å². The number of aliphatic imine (C=N–C) groups is 1. The zero-order valence-corrected chi connectivity index (χ0v) is 20.4. The molecule has 4 rings (SSSR count). The van der Waals surface area contributed by atoms with Gasteiger partial charge in [-0.2, -0.15) is 5.10 Å². The Bertz CT molecular complexity index is 1140. The number of nitrogens with zero attached hydrogens (tertiary/aromatic N) is 5. The summed E-state index contributed by atoms with van der Waals surface area (Å²) in [6.45, 7) is 1.65. The van der Waals surface area contributed by atoms with E-state index in [9.17, 15) is 5.11 Å². The molecule has 1 unspecified atom stereocenters. The minimum atomic E-state index is -0.598. The monoisotopic (exact) mass is 552 g/mol. The van der Waals surface area contributed by atoms with E-state index in [1.165, 1.54) is 11.0 Å². The van der Waals surface area contributed by atoms with Crippen LogP contribution in [0.5, 0.6) is 0 Å². The van der Waals surface area contributed by atoms with Crippen LogP contribution in [-0.4, -0.2) is 57.5 Å². The van der Waals surface area contributed by atoms with Gasteiger partial charge in [-0.05, 0) is 17.5 Å². The van der Waals surface area contributed by atoms with Crippen molar-refractivity contribution in [2.75, 3.05) is 32.0 Å². The minimum Gasteiger partial charge on any atom is -0.386 e. The smallest absolute Gasteiger partial charge is 0.191 e. The number of halogens is 1. The van der Waals surface area contributed by atoms with Crippen molar-refractivity contribution < 1.29 is 5.11 Å². The standard InChI is InChI=1S/C20H24N8OS.HI/c1-21-20(24-11-15(29)17-9-13-5-3-4-6-16(13)30-17)23-8-7-22-18-14-10-27-28(2)19(14)26-12-25-18;/h3-6,9-10,12,15,29H,7-8,11H2,1-2H3,(H2,21,23,24)(H,22,25,26);1H. The van der Waals surface area contributed by atoms with Gasteiger partial charge in [0.05, 0.1) is 11.6 Å². The van der Waals surface area contributed by atoms with Gasteiger partial charge < -0.3 is 21.1 Å². The average Bonchev–Trinajstić information content (AvgIpc) is 3.37. The van der Waals surface area contributed by atoms with Crippen LogP contribution in [0.3, 0.4) is 0 Å². The molecular formula is C20H25IN8OS. The Balaban J connectivity index is 0.00000272. The van der Waals surface area contributed by atoms with E-state index in [2.05, 4.69) is 48.1 Å². The van der Waals surface area contributed by atoms with E-state index in [0.717, 1.165) is 27.1 Å². The minimum absolute atomic E-state index is 0. The van der Waals surface area contributed by atoms with Crippen LogP contribution in [0.25, 0.3) is 21.1 Å². The fourth-order valence-corrected chi connectivity index (χ4v) is 4.20. The molecule has 0 saturated heterocycles. The molecule has 1 aromatic carbocycles. The van der Waals surface area contributed by atoms with Crippen molar-refractivity contribution >= 4 is 68.2 Å². The number of benzene rings is 1. The van der Waals surface area contributed by atoms with Crippen molar-refractivity contribution in [3.63, 3.8) is 0 Å². The van der Waals surface area contributed by atoms with Gasteiger partial charge in [-0.25, -0.2) is 9.97 Å². The highest BCUT2D eigenvalue weighted by molar-refractivity contribution is 14.0. The van der Waals surface area contributed by atoms with Gasteiger partial charge >= 0.3 is 0 Å². The summed E-state index contributed by atoms with van der Waals surface area (Å²) in [7, 11) is 3.56. The van der Waals surface area contributed by atoms with E-state index in [1.807, 2.05) is 25.2 Å². The molecule has 0 fully saturated rings. The number of hydrogen-bond acceptors (Lipinski definition) is 7. The number of thiophene rings is 1. The Morgan fingerprint density at radius 3 is 2.87 bits per heavy atom. The molecule has 3 aromatic heterocycles. The Kier molecular flexibility index (Phi) is 7.98. The molecule has 1 atom stereocenters. The van der Waals surface area contributed by atoms with E-state index < -0.39 is 6.10 Å². The molecule has 9 nitrogen and oxygen atoms in total. The topological polar surface area (TPSA) is 112 Å². The summed E-state index contributed by atoms with van der Waals surface area (Å²) in [6.07, 6.45) is 2.68. The second-order valence-electron chi connectivity index (χ2n) is 6.74. The molecule has 0 bridgehead atoms. The lowest BCUT2D eigenvalue weighted by Crippen LogP contribution is -2.41. The van der Waals surface area contributed by atoms with Gasteiger partial charge in [0.15, 0.2) is 11.6 Å². The van der Waals surface area contributed by atoms with Crippen molar-refractivity contribution in [3.8, 4) is 0 Å². The Morgan fingerprint density at radius 2 is 2.06 bits per heavy atom. The molecule has 0 spiro atoms. The molecule has 0 aliphatic carbocycles. The number of guanidine groups is 1. The first kappa shape index (κ1) is 23.2. The van der Waals surface area contributed by atoms with Crippen molar-refractivity contribution in [3.05, 3.63) is 47.7 Å². The van der Waals surface area contributed by atoms with Gasteiger partial charge in [0.2, 0.25) is 0 Å². The highest BCUT2D eigenvalue weighted by Crippen LogP contribution is 2.29. The molecule has 31 heavy (non-hydrogen) atoms. The van der Waals surface area contributed by atoms with Crippen LogP contribution >= 0.6 is 35.3 Å². The van der Waals surface area contributed by atoms with E-state index in [1.54, 1.807) is 29.3 Å². The summed E-state index contributed by atoms with van der Waals surface area (Å²) in [5, 5.41) is 26.5. The summed E-state index contributed by atoms with van der Waals surface area (Å²) in [6, 6.07) is 10.2. The number of aliphatic hydroxyl groups is 1. The van der Waals surface area contributed by atoms with Gasteiger partial charge in [-0.3, -0.25) is 9.67 Å². The third kappa shape index (κ3) is 5.40. The van der Waals surface area contributed by atoms with Crippen LogP contribution < -0.4 is 16.0 Å². The lowest BCUT2D eigenvalue weighted by molar-refractivity contribution is 0.184. The molecule has 4 aromatic rings. The maximum absolute atomic E-state index is 10.5. The number of rotatable bonds is 7. The zero-order chi connectivity index (χ0) is 20.9. The molecule has 11 heteroatoms. The maximum atomic E-state index is 10.5. The molecule has 4 N–H and O–H groups in total. The fourth-order valence-electron chi connectivity index (χ4n) is 3.15. The first-order valence-corrected chi connectivity index (χ1v) is 10.4. The van der Waals surface area contributed by atoms with E-state index in [-0.39, 0.29) is 24.0 Å². The Hall–Kier alpha value is -2.51. The van der Waals surface area contributed by atoms with Gasteiger partial charge in [-0.15, -0.1) is 35.3 Å². The average molecular weight is 552 g/mol. The Labute approximate surface area is 201 Å². The molecule has 0 radical (unpaired) electrons. The second kappa shape index (κ2) is 10.7. The second-order valence-corrected chi connectivity index (χ2v) is 7.85. The SMILES string of the molecule is CN=C(NCCNc1ncnc2c1cnn2C)NCC(O)c1cc2ccccc2s1.I. The number of anilines is 1. The van der Waals surface area contributed by atoms with Crippen LogP contribution in [0.15, 0.2) is 47.8 Å². The highest BCUT2D eigenvalue weighted by atomic mass is 127. The van der Waals surface area contributed by atoms with Gasteiger partial charge in [0.25, 0.3) is 0 Å². The van der Waals surface area contributed by atoms with Crippen molar-refractivity contribution in [1.82, 2.24) is 30.4 Å². The van der Waals surface area contributed by atoms with Crippen molar-refractivity contribution in [2.24, 2.45) is 12.0 Å². The van der Waals surface area contributed by atoms with Gasteiger partial charge in [0, 0.05) is 43.3 Å². The van der Waals surface area contributed by atoms with Crippen LogP contribution in [0.4, 0.5) is 5.82 Å². The number of fused-ring (bicyclic) bond motifs is 2. The van der Waals surface area contributed by atoms with E-state index >= 15 is 0 Å². The van der Waals surface area contributed by atoms with Gasteiger partial charge in [0.1, 0.15) is 18.2 Å². The van der Waals surface area contributed by atoms with Crippen LogP contribution in [0, 0.1) is 0 Å². The fraction of sp³-hybridized carbons (Fsp3) is 0.300. The van der Waals surface area contributed by atoms with Crippen LogP contribution in [-0.2, 0) is 7.05 Å². The molecule has 0 aliphatic rings. The largest absolute Gasteiger partial charge is 0.386 e. The quantitative estimate of drug-likeness (QED) is 0.121. The third-order valence-corrected chi connectivity index (χ3v) is 5.92. The maximum Gasteiger partial charge on any atom is 0.191 e. The van der Waals surface area contributed by atoms with Crippen molar-refractivity contribution in [1.29, 1.82) is 0 Å². The first-order valence-electron chi connectivity index (χ1n) is 9.63. The summed E-state index contributed by atoms with van der Waals surface area (Å²) >= 11 is 1.61. The Morgan fingerprint density at radius 1 is 1.23 bits per heavy atom. The van der Waals surface area contributed by atoms with Crippen molar-refractivity contribution in [2.45, 2.75) is 6.10 Å². The third-order valence-electron chi connectivity index (χ3n) is 4.70. The van der Waals surface area contributed by atoms with Crippen LogP contribution in [0.1, 0.15) is 11.0 Å². The molecule has 0 aliphatic heterocycles. The lowest BCUT2D eigenvalue weighted by atomic mass is 10.2. The summed E-state index contributed by atoms with van der Waals surface area (Å²) in [5.74, 6) is 1.38. The number of nitrogens with one attached hydrogen (secondary N) is 3. The molecule has 164 valence electrons. The van der Waals surface area contributed by atoms with E-state index in [4.69, 9.17) is 0 Å². The molecular weight excluding hydrogens is 527 g/mol. The number of aliphatic hydroxyl groups excluding tert-OH is 1. The number of hydrogen-bond donors (Lipinski definition) is 4. The number of aromatic nitrogens is 4. The normalized spacial score (nSPS) is 12.5. The van der Waals surface area contributed by atoms with Gasteiger partial charge in [-0.1, -0.05) is 18.2 Å². The highest BCUT2D eigenvalue weighted by Gasteiger charge is 2.12. The predicted octanol–water partition coefficient (Wildman–Crippen LogP) is 2.51. The lowest BCUT2D eigenvalue weighted by Gasteiger charge is -2.15. The summed E-state index contributed by atoms with van der Waals surface area (Å²) in [5.41, 5.74) is 0.785.